The Hall–Kier alpha value is -3.47. The van der Waals surface area contributed by atoms with Gasteiger partial charge in [0.15, 0.2) is 11.4 Å². The number of hydrogen-bond donors (Lipinski definition) is 2. The molecule has 2 N–H and O–H groups in total. The number of benzene rings is 1. The van der Waals surface area contributed by atoms with Gasteiger partial charge in [-0.2, -0.15) is 18.3 Å². The Morgan fingerprint density at radius 3 is 2.74 bits per heavy atom. The zero-order chi connectivity index (χ0) is 25.0. The number of nitrogens with one attached hydrogen (secondary N) is 2. The van der Waals surface area contributed by atoms with Gasteiger partial charge < -0.3 is 9.88 Å². The normalized spacial score (nSPS) is 19.0. The van der Waals surface area contributed by atoms with Crippen LogP contribution in [-0.2, 0) is 6.54 Å². The number of piperazine rings is 1. The number of hydrazone groups is 1. The summed E-state index contributed by atoms with van der Waals surface area (Å²) in [5.74, 6) is -0.867. The van der Waals surface area contributed by atoms with Crippen molar-refractivity contribution in [3.63, 3.8) is 0 Å². The first-order valence-corrected chi connectivity index (χ1v) is 11.4. The highest BCUT2D eigenvalue weighted by Crippen LogP contribution is 2.28. The van der Waals surface area contributed by atoms with Crippen LogP contribution in [0.4, 0.5) is 13.2 Å². The summed E-state index contributed by atoms with van der Waals surface area (Å²) in [6, 6.07) is 7.83. The lowest BCUT2D eigenvalue weighted by molar-refractivity contribution is -0.0709. The third-order valence-corrected chi connectivity index (χ3v) is 6.25. The Kier molecular flexibility index (Phi) is 5.54. The van der Waals surface area contributed by atoms with E-state index < -0.39 is 23.6 Å². The van der Waals surface area contributed by atoms with Crippen LogP contribution >= 0.6 is 0 Å². The van der Waals surface area contributed by atoms with Gasteiger partial charge in [0, 0.05) is 43.4 Å². The summed E-state index contributed by atoms with van der Waals surface area (Å²) in [6.07, 6.45) is -1.63. The maximum absolute atomic E-state index is 13.1. The molecule has 184 valence electrons. The molecule has 0 radical (unpaired) electrons. The van der Waals surface area contributed by atoms with Gasteiger partial charge in [0.2, 0.25) is 5.84 Å². The van der Waals surface area contributed by atoms with E-state index in [1.807, 2.05) is 45.0 Å². The van der Waals surface area contributed by atoms with Crippen molar-refractivity contribution in [1.82, 2.24) is 30.2 Å². The van der Waals surface area contributed by atoms with Gasteiger partial charge in [0.05, 0.1) is 17.5 Å². The maximum atomic E-state index is 13.1. The van der Waals surface area contributed by atoms with Crippen molar-refractivity contribution in [3.8, 4) is 11.3 Å². The molecule has 0 amide bonds. The van der Waals surface area contributed by atoms with E-state index in [4.69, 9.17) is 4.98 Å². The van der Waals surface area contributed by atoms with Crippen LogP contribution in [0.3, 0.4) is 0 Å². The molecule has 2 aliphatic heterocycles. The number of carbonyl (C=O) groups excluding carboxylic acids is 1. The molecule has 0 spiro atoms. The fourth-order valence-corrected chi connectivity index (χ4v) is 4.47. The Bertz CT molecular complexity index is 1310. The highest BCUT2D eigenvalue weighted by atomic mass is 19.4. The summed E-state index contributed by atoms with van der Waals surface area (Å²) in [6.45, 7) is 7.33. The van der Waals surface area contributed by atoms with Crippen LogP contribution < -0.4 is 5.43 Å². The second-order valence-electron chi connectivity index (χ2n) is 9.94. The topological polar surface area (TPSA) is 89.5 Å². The summed E-state index contributed by atoms with van der Waals surface area (Å²) < 4.78 is 39.4. The quantitative estimate of drug-likeness (QED) is 0.547. The largest absolute Gasteiger partial charge is 0.451 e. The molecule has 5 rings (SSSR count). The molecule has 0 aliphatic carbocycles. The van der Waals surface area contributed by atoms with Crippen molar-refractivity contribution in [2.24, 2.45) is 10.5 Å². The van der Waals surface area contributed by atoms with Crippen molar-refractivity contribution in [1.29, 1.82) is 0 Å². The highest BCUT2D eigenvalue weighted by molar-refractivity contribution is 6.08. The van der Waals surface area contributed by atoms with Crippen LogP contribution in [0.25, 0.3) is 22.4 Å². The number of halogens is 3. The van der Waals surface area contributed by atoms with Gasteiger partial charge in [0.1, 0.15) is 11.7 Å². The predicted octanol–water partition coefficient (Wildman–Crippen LogP) is 3.78. The molecule has 11 heteroatoms. The summed E-state index contributed by atoms with van der Waals surface area (Å²) in [5.41, 5.74) is 6.18. The summed E-state index contributed by atoms with van der Waals surface area (Å²) in [5, 5.41) is 3.50. The molecule has 3 aromatic rings. The van der Waals surface area contributed by atoms with Crippen molar-refractivity contribution in [2.75, 3.05) is 19.6 Å². The smallest absolute Gasteiger partial charge is 0.344 e. The lowest BCUT2D eigenvalue weighted by Crippen LogP contribution is -2.57. The Balaban J connectivity index is 1.33. The molecular formula is C24H26F3N7O. The van der Waals surface area contributed by atoms with Gasteiger partial charge in [-0.1, -0.05) is 39.0 Å². The van der Waals surface area contributed by atoms with Crippen LogP contribution in [0.5, 0.6) is 0 Å². The number of hydrogen-bond acceptors (Lipinski definition) is 7. The summed E-state index contributed by atoms with van der Waals surface area (Å²) in [7, 11) is 0. The lowest BCUT2D eigenvalue weighted by Gasteiger charge is -2.38. The van der Waals surface area contributed by atoms with Crippen LogP contribution in [-0.4, -0.2) is 68.3 Å². The van der Waals surface area contributed by atoms with E-state index in [2.05, 4.69) is 25.4 Å². The molecule has 1 fully saturated rings. The van der Waals surface area contributed by atoms with Gasteiger partial charge >= 0.3 is 6.18 Å². The molecule has 0 saturated carbocycles. The number of rotatable bonds is 4. The number of ketones is 1. The van der Waals surface area contributed by atoms with E-state index in [0.717, 1.165) is 11.1 Å². The van der Waals surface area contributed by atoms with Gasteiger partial charge in [-0.05, 0) is 11.6 Å². The van der Waals surface area contributed by atoms with Crippen LogP contribution in [0.15, 0.2) is 41.8 Å². The number of aromatic nitrogens is 3. The maximum Gasteiger partial charge on any atom is 0.451 e. The standard InChI is InChI=1S/C24H26F3N7O/c1-23(2,3)20(35)16-10-28-21-19(16)30-17(11-29-21)15-6-4-5-14(9-15)12-33-7-8-34-18(13-33)31-32-22(34)24(25,26)27/h4-6,9-11,18,31H,7-8,12-13H2,1-3H3,(H,28,29). The first-order chi connectivity index (χ1) is 16.5. The monoisotopic (exact) mass is 485 g/mol. The van der Waals surface area contributed by atoms with E-state index in [1.165, 1.54) is 4.90 Å². The molecule has 0 bridgehead atoms. The molecule has 8 nitrogen and oxygen atoms in total. The summed E-state index contributed by atoms with van der Waals surface area (Å²) >= 11 is 0. The predicted molar refractivity (Wildman–Crippen MR) is 126 cm³/mol. The molecular weight excluding hydrogens is 459 g/mol. The zero-order valence-corrected chi connectivity index (χ0v) is 19.6. The summed E-state index contributed by atoms with van der Waals surface area (Å²) in [4.78, 5) is 28.4. The third kappa shape index (κ3) is 4.47. The number of fused-ring (bicyclic) bond motifs is 2. The van der Waals surface area contributed by atoms with E-state index in [9.17, 15) is 18.0 Å². The fourth-order valence-electron chi connectivity index (χ4n) is 4.47. The first-order valence-electron chi connectivity index (χ1n) is 11.4. The number of alkyl halides is 3. The van der Waals surface area contributed by atoms with Crippen molar-refractivity contribution in [2.45, 2.75) is 39.7 Å². The van der Waals surface area contributed by atoms with Gasteiger partial charge in [-0.25, -0.2) is 9.97 Å². The minimum absolute atomic E-state index is 0.0127. The van der Waals surface area contributed by atoms with Crippen molar-refractivity contribution < 1.29 is 18.0 Å². The number of amidine groups is 1. The van der Waals surface area contributed by atoms with Gasteiger partial charge in [-0.15, -0.1) is 0 Å². The number of carbonyl (C=O) groups is 1. The van der Waals surface area contributed by atoms with Crippen molar-refractivity contribution >= 4 is 22.8 Å². The molecule has 2 aliphatic rings. The molecule has 1 aromatic carbocycles. The Morgan fingerprint density at radius 2 is 2.00 bits per heavy atom. The van der Waals surface area contributed by atoms with E-state index in [-0.39, 0.29) is 12.3 Å². The van der Waals surface area contributed by atoms with Crippen LogP contribution in [0.2, 0.25) is 0 Å². The third-order valence-electron chi connectivity index (χ3n) is 6.25. The molecule has 1 atom stereocenters. The molecule has 35 heavy (non-hydrogen) atoms. The molecule has 1 saturated heterocycles. The van der Waals surface area contributed by atoms with Gasteiger partial charge in [0.25, 0.3) is 0 Å². The van der Waals surface area contributed by atoms with Crippen LogP contribution in [0.1, 0.15) is 36.7 Å². The number of Topliss-reactive ketones (excluding diaryl/α,β-unsaturated/α-hetero) is 1. The minimum Gasteiger partial charge on any atom is -0.344 e. The average Bonchev–Trinajstić information content (AvgIpc) is 3.41. The van der Waals surface area contributed by atoms with Gasteiger partial charge in [-0.3, -0.25) is 15.1 Å². The first kappa shape index (κ1) is 23.3. The molecule has 4 heterocycles. The number of aromatic amines is 1. The Labute approximate surface area is 200 Å². The van der Waals surface area contributed by atoms with E-state index in [1.54, 1.807) is 12.4 Å². The van der Waals surface area contributed by atoms with E-state index >= 15 is 0 Å². The zero-order valence-electron chi connectivity index (χ0n) is 19.6. The average molecular weight is 486 g/mol. The highest BCUT2D eigenvalue weighted by Gasteiger charge is 2.47. The molecule has 2 aromatic heterocycles. The van der Waals surface area contributed by atoms with E-state index in [0.29, 0.717) is 42.1 Å². The Morgan fingerprint density at radius 1 is 1.20 bits per heavy atom. The SMILES string of the molecule is CC(C)(C)C(=O)c1c[nH]c2ncc(-c3cccc(CN4CCN5C(C(F)(F)F)=NNC5C4)c3)nc12. The minimum atomic E-state index is -4.46. The number of H-pyrrole nitrogens is 1. The fraction of sp³-hybridized carbons (Fsp3) is 0.417. The van der Waals surface area contributed by atoms with Crippen LogP contribution in [0, 0.1) is 5.41 Å². The molecule has 1 unspecified atom stereocenters. The number of nitrogens with zero attached hydrogens (tertiary/aromatic N) is 5. The van der Waals surface area contributed by atoms with Crippen molar-refractivity contribution in [3.05, 3.63) is 47.8 Å². The second kappa shape index (κ2) is 8.33. The second-order valence-corrected chi connectivity index (χ2v) is 9.94. The lowest BCUT2D eigenvalue weighted by atomic mass is 9.87.